The zero-order valence-electron chi connectivity index (χ0n) is 33.3. The number of benzene rings is 9. The van der Waals surface area contributed by atoms with Crippen LogP contribution in [0.2, 0.25) is 0 Å². The summed E-state index contributed by atoms with van der Waals surface area (Å²) in [4.78, 5) is 2.41. The molecule has 0 N–H and O–H groups in total. The van der Waals surface area contributed by atoms with Gasteiger partial charge in [-0.25, -0.2) is 0 Å². The Hall–Kier alpha value is -7.22. The van der Waals surface area contributed by atoms with E-state index in [0.29, 0.717) is 0 Å². The van der Waals surface area contributed by atoms with Crippen molar-refractivity contribution < 1.29 is 0 Å². The van der Waals surface area contributed by atoms with E-state index in [9.17, 15) is 0 Å². The molecule has 0 spiro atoms. The second kappa shape index (κ2) is 13.7. The van der Waals surface area contributed by atoms with E-state index >= 15 is 0 Å². The van der Waals surface area contributed by atoms with Crippen LogP contribution in [-0.2, 0) is 10.8 Å². The molecule has 0 amide bonds. The van der Waals surface area contributed by atoms with Crippen LogP contribution in [0.5, 0.6) is 0 Å². The highest BCUT2D eigenvalue weighted by atomic mass is 15.1. The zero-order valence-corrected chi connectivity index (χ0v) is 33.3. The third-order valence-electron chi connectivity index (χ3n) is 13.0. The second-order valence-electron chi connectivity index (χ2n) is 16.4. The van der Waals surface area contributed by atoms with Crippen molar-refractivity contribution in [1.82, 2.24) is 0 Å². The molecule has 0 heterocycles. The van der Waals surface area contributed by atoms with Gasteiger partial charge < -0.3 is 4.90 Å². The van der Waals surface area contributed by atoms with Gasteiger partial charge in [-0.15, -0.1) is 0 Å². The van der Waals surface area contributed by atoms with Crippen LogP contribution < -0.4 is 4.90 Å². The smallest absolute Gasteiger partial charge is 0.0713 e. The van der Waals surface area contributed by atoms with Crippen LogP contribution in [0.3, 0.4) is 0 Å². The minimum atomic E-state index is -0.406. The highest BCUT2D eigenvalue weighted by Gasteiger charge is 2.46. The summed E-state index contributed by atoms with van der Waals surface area (Å²) in [5.41, 5.74) is 21.0. The number of hydrogen-bond acceptors (Lipinski definition) is 1. The van der Waals surface area contributed by atoms with Crippen molar-refractivity contribution in [1.29, 1.82) is 0 Å². The molecule has 280 valence electrons. The summed E-state index contributed by atoms with van der Waals surface area (Å²) in [5.74, 6) is 0. The molecule has 0 fully saturated rings. The molecule has 0 atom stereocenters. The Balaban J connectivity index is 1.03. The first-order valence-corrected chi connectivity index (χ1v) is 20.7. The van der Waals surface area contributed by atoms with E-state index in [-0.39, 0.29) is 5.41 Å². The van der Waals surface area contributed by atoms with Crippen molar-refractivity contribution in [3.05, 3.63) is 258 Å². The van der Waals surface area contributed by atoms with E-state index < -0.39 is 5.41 Å². The van der Waals surface area contributed by atoms with Gasteiger partial charge in [0.05, 0.1) is 11.1 Å². The zero-order chi connectivity index (χ0) is 39.6. The number of rotatable bonds is 7. The molecule has 0 aliphatic heterocycles. The first kappa shape index (κ1) is 35.0. The molecule has 0 saturated heterocycles. The van der Waals surface area contributed by atoms with E-state index in [0.717, 1.165) is 17.1 Å². The maximum Gasteiger partial charge on any atom is 0.0713 e. The lowest BCUT2D eigenvalue weighted by Gasteiger charge is -2.33. The molecule has 1 heteroatoms. The number of hydrogen-bond donors (Lipinski definition) is 0. The molecule has 0 aromatic heterocycles. The number of nitrogens with zero attached hydrogens (tertiary/aromatic N) is 1. The number of fused-ring (bicyclic) bond motifs is 6. The van der Waals surface area contributed by atoms with Gasteiger partial charge in [0.25, 0.3) is 0 Å². The Morgan fingerprint density at radius 1 is 0.322 bits per heavy atom. The molecule has 11 rings (SSSR count). The highest BCUT2D eigenvalue weighted by Crippen LogP contribution is 2.57. The Morgan fingerprint density at radius 2 is 0.814 bits per heavy atom. The van der Waals surface area contributed by atoms with Crippen LogP contribution in [0.1, 0.15) is 47.2 Å². The maximum absolute atomic E-state index is 2.41. The van der Waals surface area contributed by atoms with Gasteiger partial charge in [-0.3, -0.25) is 0 Å². The molecule has 9 aromatic carbocycles. The summed E-state index contributed by atoms with van der Waals surface area (Å²) in [6, 6.07) is 82.7. The van der Waals surface area contributed by atoms with Gasteiger partial charge in [0.2, 0.25) is 0 Å². The monoisotopic (exact) mass is 753 g/mol. The Morgan fingerprint density at radius 3 is 1.51 bits per heavy atom. The fourth-order valence-corrected chi connectivity index (χ4v) is 10.3. The van der Waals surface area contributed by atoms with Gasteiger partial charge in [0.1, 0.15) is 0 Å². The molecule has 59 heavy (non-hydrogen) atoms. The fourth-order valence-electron chi connectivity index (χ4n) is 10.3. The first-order valence-electron chi connectivity index (χ1n) is 20.7. The van der Waals surface area contributed by atoms with Crippen LogP contribution >= 0.6 is 0 Å². The molecule has 0 saturated carbocycles. The predicted molar refractivity (Wildman–Crippen MR) is 247 cm³/mol. The summed E-state index contributed by atoms with van der Waals surface area (Å²) in [6.07, 6.45) is 0. The van der Waals surface area contributed by atoms with Gasteiger partial charge in [-0.2, -0.15) is 0 Å². The first-order chi connectivity index (χ1) is 29.0. The highest BCUT2D eigenvalue weighted by molar-refractivity contribution is 5.98. The van der Waals surface area contributed by atoms with E-state index in [1.165, 1.54) is 77.9 Å². The maximum atomic E-state index is 2.41. The summed E-state index contributed by atoms with van der Waals surface area (Å²) in [7, 11) is 0. The SMILES string of the molecule is CC1(C)c2ccccc2-c2c(-c3ccccc3N(c3ccccc3)c3ccc(-c4ccc5c(c4)-c4ccccc4C5(c4ccccc4)c4ccccc4)cc3)cccc21. The van der Waals surface area contributed by atoms with Crippen molar-refractivity contribution >= 4 is 17.1 Å². The van der Waals surface area contributed by atoms with E-state index in [1.807, 2.05) is 0 Å². The van der Waals surface area contributed by atoms with Gasteiger partial charge in [-0.1, -0.05) is 202 Å². The van der Waals surface area contributed by atoms with Crippen molar-refractivity contribution in [3.63, 3.8) is 0 Å². The van der Waals surface area contributed by atoms with Crippen molar-refractivity contribution in [2.24, 2.45) is 0 Å². The molecule has 2 aliphatic rings. The molecule has 0 radical (unpaired) electrons. The normalized spacial score (nSPS) is 13.9. The van der Waals surface area contributed by atoms with Crippen LogP contribution in [0.15, 0.2) is 224 Å². The van der Waals surface area contributed by atoms with Crippen LogP contribution in [-0.4, -0.2) is 0 Å². The summed E-state index contributed by atoms with van der Waals surface area (Å²) in [5, 5.41) is 0. The molecule has 0 unspecified atom stereocenters. The van der Waals surface area contributed by atoms with Gasteiger partial charge in [-0.05, 0) is 109 Å². The predicted octanol–water partition coefficient (Wildman–Crippen LogP) is 15.2. The Labute approximate surface area is 347 Å². The Bertz CT molecular complexity index is 2960. The van der Waals surface area contributed by atoms with Gasteiger partial charge in [0, 0.05) is 22.4 Å². The minimum absolute atomic E-state index is 0.0734. The van der Waals surface area contributed by atoms with Crippen molar-refractivity contribution in [3.8, 4) is 44.5 Å². The van der Waals surface area contributed by atoms with Crippen molar-refractivity contribution in [2.75, 3.05) is 4.90 Å². The van der Waals surface area contributed by atoms with E-state index in [1.54, 1.807) is 0 Å². The van der Waals surface area contributed by atoms with E-state index in [4.69, 9.17) is 0 Å². The summed E-state index contributed by atoms with van der Waals surface area (Å²) in [6.45, 7) is 4.71. The Kier molecular flexibility index (Phi) is 8.13. The molecule has 1 nitrogen and oxygen atoms in total. The second-order valence-corrected chi connectivity index (χ2v) is 16.4. The van der Waals surface area contributed by atoms with Gasteiger partial charge >= 0.3 is 0 Å². The van der Waals surface area contributed by atoms with E-state index in [2.05, 4.69) is 243 Å². The third-order valence-corrected chi connectivity index (χ3v) is 13.0. The average Bonchev–Trinajstić information content (AvgIpc) is 3.73. The largest absolute Gasteiger partial charge is 0.310 e. The third kappa shape index (κ3) is 5.31. The lowest BCUT2D eigenvalue weighted by molar-refractivity contribution is 0.660. The quantitative estimate of drug-likeness (QED) is 0.157. The number of para-hydroxylation sites is 2. The molecular formula is C58H43N. The lowest BCUT2D eigenvalue weighted by atomic mass is 9.67. The van der Waals surface area contributed by atoms with Crippen LogP contribution in [0.25, 0.3) is 44.5 Å². The average molecular weight is 754 g/mol. The molecule has 9 aromatic rings. The fraction of sp³-hybridized carbons (Fsp3) is 0.0690. The molecular weight excluding hydrogens is 711 g/mol. The van der Waals surface area contributed by atoms with Crippen molar-refractivity contribution in [2.45, 2.75) is 24.7 Å². The summed E-state index contributed by atoms with van der Waals surface area (Å²) < 4.78 is 0. The molecule has 0 bridgehead atoms. The summed E-state index contributed by atoms with van der Waals surface area (Å²) >= 11 is 0. The lowest BCUT2D eigenvalue weighted by Crippen LogP contribution is -2.28. The molecule has 2 aliphatic carbocycles. The minimum Gasteiger partial charge on any atom is -0.310 e. The standard InChI is InChI=1S/C58H43N/c1-57(2)51-29-15-13-27-49(51)56-48(28-18-31-54(56)57)47-26-14-17-32-55(47)59(44-23-10-5-11-24-44)45-36-33-40(34-37-45)41-35-38-53-50(39-41)46-25-12-16-30-52(46)58(53,42-19-6-3-7-20-42)43-21-8-4-9-22-43/h3-39H,1-2H3. The number of anilines is 3. The topological polar surface area (TPSA) is 3.24 Å². The van der Waals surface area contributed by atoms with Gasteiger partial charge in [0.15, 0.2) is 0 Å². The van der Waals surface area contributed by atoms with Crippen LogP contribution in [0, 0.1) is 0 Å². The van der Waals surface area contributed by atoms with Crippen LogP contribution in [0.4, 0.5) is 17.1 Å².